The van der Waals surface area contributed by atoms with E-state index in [0.717, 1.165) is 12.8 Å². The van der Waals surface area contributed by atoms with Gasteiger partial charge in [0.2, 0.25) is 29.9 Å². The van der Waals surface area contributed by atoms with Crippen LogP contribution in [0.4, 0.5) is 8.78 Å². The summed E-state index contributed by atoms with van der Waals surface area (Å²) in [6.07, 6.45) is 2.89. The smallest absolute Gasteiger partial charge is 0.289 e. The van der Waals surface area contributed by atoms with Gasteiger partial charge in [0.25, 0.3) is 11.8 Å². The Labute approximate surface area is 280 Å². The third kappa shape index (κ3) is 9.75. The van der Waals surface area contributed by atoms with Crippen LogP contribution in [0.2, 0.25) is 0 Å². The fourth-order valence-electron chi connectivity index (χ4n) is 6.34. The van der Waals surface area contributed by atoms with E-state index in [1.165, 1.54) is 23.5 Å². The summed E-state index contributed by atoms with van der Waals surface area (Å²) in [6.45, 7) is 10.7. The summed E-state index contributed by atoms with van der Waals surface area (Å²) in [5, 5.41) is 10.5. The van der Waals surface area contributed by atoms with Crippen LogP contribution in [-0.2, 0) is 24.0 Å². The van der Waals surface area contributed by atoms with Crippen molar-refractivity contribution in [2.75, 3.05) is 6.54 Å². The predicted octanol–water partition coefficient (Wildman–Crippen LogP) is 2.01. The summed E-state index contributed by atoms with van der Waals surface area (Å²) in [7, 11) is 0. The Kier molecular flexibility index (Phi) is 13.9. The lowest BCUT2D eigenvalue weighted by molar-refractivity contribution is -0.145. The van der Waals surface area contributed by atoms with Gasteiger partial charge in [0.1, 0.15) is 23.8 Å². The molecule has 1 saturated heterocycles. The Morgan fingerprint density at radius 3 is 2.17 bits per heavy atom. The van der Waals surface area contributed by atoms with Crippen LogP contribution in [0.1, 0.15) is 90.6 Å². The standard InChI is InChI=1S/C33H49F2N7O6/c1-7-19(6)38-32(47)28(43)22(11-12-24(34)35)39-31(46)27-21-10-8-9-20(21)16-42(27)33(48)26(18(4)5)41-30(45)25(17(2)3)40-29(44)23-15-36-13-14-37-23/h13-15,17-22,24-27H,7-12,16H2,1-6H3,(H,38,47)(H,39,46)(H,40,44)(H,41,45)/t19-,20-,21-,22?,25+,26-,27-/m0/s1. The van der Waals surface area contributed by atoms with Gasteiger partial charge in [-0.3, -0.25) is 33.8 Å². The number of carbonyl (C=O) groups is 6. The largest absolute Gasteiger partial charge is 0.347 e. The molecular weight excluding hydrogens is 628 g/mol. The second-order valence-electron chi connectivity index (χ2n) is 13.5. The highest BCUT2D eigenvalue weighted by Crippen LogP contribution is 2.42. The Balaban J connectivity index is 1.83. The molecule has 2 heterocycles. The molecule has 5 amide bonds. The number of hydrogen-bond acceptors (Lipinski definition) is 8. The third-order valence-electron chi connectivity index (χ3n) is 9.22. The number of alkyl halides is 2. The SMILES string of the molecule is CC[C@H](C)NC(=O)C(=O)C(CCC(F)F)NC(=O)[C@@H]1[C@H]2CCC[C@H]2CN1C(=O)[C@@H](NC(=O)[C@H](NC(=O)c1cnccn1)C(C)C)C(C)C. The first-order valence-electron chi connectivity index (χ1n) is 16.8. The molecule has 1 aromatic heterocycles. The first-order chi connectivity index (χ1) is 22.7. The fraction of sp³-hybridized carbons (Fsp3) is 0.697. The topological polar surface area (TPSA) is 180 Å². The second-order valence-corrected chi connectivity index (χ2v) is 13.5. The van der Waals surface area contributed by atoms with Gasteiger partial charge in [0, 0.05) is 31.4 Å². The first kappa shape index (κ1) is 38.4. The minimum Gasteiger partial charge on any atom is -0.347 e. The second kappa shape index (κ2) is 17.4. The molecule has 1 unspecified atom stereocenters. The molecule has 0 bridgehead atoms. The van der Waals surface area contributed by atoms with E-state index in [1.807, 2.05) is 0 Å². The molecule has 266 valence electrons. The molecular formula is C33H49F2N7O6. The van der Waals surface area contributed by atoms with E-state index in [1.54, 1.807) is 41.5 Å². The van der Waals surface area contributed by atoms with E-state index in [2.05, 4.69) is 31.2 Å². The zero-order chi connectivity index (χ0) is 35.7. The lowest BCUT2D eigenvalue weighted by Gasteiger charge is -2.34. The van der Waals surface area contributed by atoms with E-state index in [9.17, 15) is 37.5 Å². The van der Waals surface area contributed by atoms with Gasteiger partial charge in [-0.2, -0.15) is 0 Å². The summed E-state index contributed by atoms with van der Waals surface area (Å²) < 4.78 is 26.4. The highest BCUT2D eigenvalue weighted by atomic mass is 19.3. The number of amides is 5. The summed E-state index contributed by atoms with van der Waals surface area (Å²) in [5.74, 6) is -5.46. The van der Waals surface area contributed by atoms with E-state index < -0.39 is 84.7 Å². The van der Waals surface area contributed by atoms with E-state index in [0.29, 0.717) is 12.8 Å². The molecule has 48 heavy (non-hydrogen) atoms. The number of fused-ring (bicyclic) bond motifs is 1. The van der Waals surface area contributed by atoms with Crippen molar-refractivity contribution in [3.63, 3.8) is 0 Å². The lowest BCUT2D eigenvalue weighted by atomic mass is 9.92. The van der Waals surface area contributed by atoms with Crippen molar-refractivity contribution >= 4 is 35.3 Å². The molecule has 2 aliphatic rings. The van der Waals surface area contributed by atoms with Gasteiger partial charge in [-0.25, -0.2) is 13.8 Å². The Hall–Kier alpha value is -4.04. The number of nitrogens with zero attached hydrogens (tertiary/aromatic N) is 3. The van der Waals surface area contributed by atoms with Crippen LogP contribution in [0.5, 0.6) is 0 Å². The molecule has 0 radical (unpaired) electrons. The molecule has 0 spiro atoms. The molecule has 2 fully saturated rings. The van der Waals surface area contributed by atoms with Crippen LogP contribution in [-0.4, -0.2) is 93.4 Å². The number of likely N-dealkylation sites (tertiary alicyclic amines) is 1. The molecule has 3 rings (SSSR count). The van der Waals surface area contributed by atoms with Gasteiger partial charge in [-0.05, 0) is 56.3 Å². The van der Waals surface area contributed by atoms with Crippen molar-refractivity contribution < 1.29 is 37.5 Å². The number of Topliss-reactive ketones (excluding diaryl/α,β-unsaturated/α-hetero) is 1. The van der Waals surface area contributed by atoms with Crippen LogP contribution in [0.3, 0.4) is 0 Å². The third-order valence-corrected chi connectivity index (χ3v) is 9.22. The molecule has 1 aliphatic heterocycles. The zero-order valence-electron chi connectivity index (χ0n) is 28.5. The maximum atomic E-state index is 14.2. The van der Waals surface area contributed by atoms with E-state index in [4.69, 9.17) is 0 Å². The summed E-state index contributed by atoms with van der Waals surface area (Å²) in [5.41, 5.74) is 0.0209. The lowest BCUT2D eigenvalue weighted by Crippen LogP contribution is -2.60. The Morgan fingerprint density at radius 2 is 1.58 bits per heavy atom. The van der Waals surface area contributed by atoms with Gasteiger partial charge in [-0.1, -0.05) is 41.0 Å². The van der Waals surface area contributed by atoms with E-state index >= 15 is 0 Å². The maximum absolute atomic E-state index is 14.2. The summed E-state index contributed by atoms with van der Waals surface area (Å²) in [4.78, 5) is 89.4. The molecule has 4 N–H and O–H groups in total. The fourth-order valence-corrected chi connectivity index (χ4v) is 6.34. The van der Waals surface area contributed by atoms with Gasteiger partial charge in [-0.15, -0.1) is 0 Å². The van der Waals surface area contributed by atoms with Crippen molar-refractivity contribution in [3.05, 3.63) is 24.3 Å². The van der Waals surface area contributed by atoms with Crippen molar-refractivity contribution in [2.45, 2.75) is 117 Å². The minimum atomic E-state index is -2.76. The molecule has 0 aromatic carbocycles. The van der Waals surface area contributed by atoms with Crippen LogP contribution < -0.4 is 21.3 Å². The van der Waals surface area contributed by atoms with Crippen LogP contribution in [0.25, 0.3) is 0 Å². The zero-order valence-corrected chi connectivity index (χ0v) is 28.5. The summed E-state index contributed by atoms with van der Waals surface area (Å²) >= 11 is 0. The number of carbonyl (C=O) groups excluding carboxylic acids is 6. The van der Waals surface area contributed by atoms with Gasteiger partial charge in [0.15, 0.2) is 0 Å². The molecule has 15 heteroatoms. The van der Waals surface area contributed by atoms with Crippen LogP contribution in [0, 0.1) is 23.7 Å². The quantitative estimate of drug-likeness (QED) is 0.192. The van der Waals surface area contributed by atoms with Crippen molar-refractivity contribution in [1.29, 1.82) is 0 Å². The highest BCUT2D eigenvalue weighted by molar-refractivity contribution is 6.38. The Bertz CT molecular complexity index is 1310. The van der Waals surface area contributed by atoms with Gasteiger partial charge in [0.05, 0.1) is 12.2 Å². The minimum absolute atomic E-state index is 0.00758. The predicted molar refractivity (Wildman–Crippen MR) is 171 cm³/mol. The molecule has 1 aliphatic carbocycles. The molecule has 7 atom stereocenters. The van der Waals surface area contributed by atoms with Gasteiger partial charge >= 0.3 is 0 Å². The number of nitrogens with one attached hydrogen (secondary N) is 4. The monoisotopic (exact) mass is 677 g/mol. The van der Waals surface area contributed by atoms with Crippen molar-refractivity contribution in [2.24, 2.45) is 23.7 Å². The molecule has 1 aromatic rings. The number of aromatic nitrogens is 2. The average Bonchev–Trinajstić information content (AvgIpc) is 3.65. The molecule has 13 nitrogen and oxygen atoms in total. The maximum Gasteiger partial charge on any atom is 0.289 e. The van der Waals surface area contributed by atoms with E-state index in [-0.39, 0.29) is 36.0 Å². The highest BCUT2D eigenvalue weighted by Gasteiger charge is 2.51. The average molecular weight is 678 g/mol. The number of hydrogen-bond donors (Lipinski definition) is 4. The molecule has 1 saturated carbocycles. The van der Waals surface area contributed by atoms with Crippen molar-refractivity contribution in [3.8, 4) is 0 Å². The Morgan fingerprint density at radius 1 is 0.896 bits per heavy atom. The number of halogens is 2. The van der Waals surface area contributed by atoms with Gasteiger partial charge < -0.3 is 26.2 Å². The van der Waals surface area contributed by atoms with Crippen LogP contribution in [0.15, 0.2) is 18.6 Å². The van der Waals surface area contributed by atoms with Crippen LogP contribution >= 0.6 is 0 Å². The first-order valence-corrected chi connectivity index (χ1v) is 16.8. The number of rotatable bonds is 16. The van der Waals surface area contributed by atoms with Crippen molar-refractivity contribution in [1.82, 2.24) is 36.1 Å². The normalized spacial score (nSPS) is 21.3. The number of ketones is 1. The summed E-state index contributed by atoms with van der Waals surface area (Å²) in [6, 6.07) is -4.96.